The van der Waals surface area contributed by atoms with Gasteiger partial charge >= 0.3 is 5.97 Å². The summed E-state index contributed by atoms with van der Waals surface area (Å²) in [6, 6.07) is 1.65. The van der Waals surface area contributed by atoms with Crippen molar-refractivity contribution in [3.63, 3.8) is 0 Å². The summed E-state index contributed by atoms with van der Waals surface area (Å²) in [6.45, 7) is 3.96. The Hall–Kier alpha value is -1.93. The van der Waals surface area contributed by atoms with Crippen molar-refractivity contribution in [3.8, 4) is 0 Å². The predicted octanol–water partition coefficient (Wildman–Crippen LogP) is 3.20. The number of aryl methyl sites for hydroxylation is 1. The molecule has 0 atom stereocenters. The van der Waals surface area contributed by atoms with Gasteiger partial charge in [0.25, 0.3) is 0 Å². The van der Waals surface area contributed by atoms with Crippen LogP contribution >= 0.6 is 23.6 Å². The lowest BCUT2D eigenvalue weighted by Gasteiger charge is -2.09. The molecule has 21 heavy (non-hydrogen) atoms. The van der Waals surface area contributed by atoms with E-state index in [1.807, 2.05) is 13.8 Å². The number of ether oxygens (including phenoxy) is 1. The second-order valence-electron chi connectivity index (χ2n) is 4.15. The van der Waals surface area contributed by atoms with E-state index in [1.54, 1.807) is 6.07 Å². The lowest BCUT2D eigenvalue weighted by Crippen LogP contribution is -2.20. The molecule has 0 bridgehead atoms. The molecule has 8 heteroatoms. The summed E-state index contributed by atoms with van der Waals surface area (Å²) in [5, 5.41) is 10.6. The maximum absolute atomic E-state index is 12.0. The predicted molar refractivity (Wildman–Crippen MR) is 86.1 cm³/mol. The van der Waals surface area contributed by atoms with Crippen molar-refractivity contribution in [2.45, 2.75) is 20.3 Å². The fraction of sp³-hybridized carbons (Fsp3) is 0.308. The van der Waals surface area contributed by atoms with E-state index in [0.29, 0.717) is 21.5 Å². The second-order valence-corrected chi connectivity index (χ2v) is 5.78. The fourth-order valence-electron chi connectivity index (χ4n) is 1.94. The van der Waals surface area contributed by atoms with Crippen LogP contribution in [0, 0.1) is 6.92 Å². The molecule has 0 fully saturated rings. The van der Waals surface area contributed by atoms with Crippen LogP contribution < -0.4 is 10.6 Å². The summed E-state index contributed by atoms with van der Waals surface area (Å²) in [4.78, 5) is 13.0. The highest BCUT2D eigenvalue weighted by Crippen LogP contribution is 2.34. The Balaban J connectivity index is 2.23. The minimum Gasteiger partial charge on any atom is -0.465 e. The molecular weight excluding hydrogens is 310 g/mol. The zero-order valence-electron chi connectivity index (χ0n) is 11.9. The Morgan fingerprint density at radius 3 is 2.86 bits per heavy atom. The lowest BCUT2D eigenvalue weighted by atomic mass is 10.1. The Morgan fingerprint density at radius 1 is 1.52 bits per heavy atom. The van der Waals surface area contributed by atoms with Gasteiger partial charge in [-0.15, -0.1) is 11.3 Å². The van der Waals surface area contributed by atoms with Crippen LogP contribution in [0.1, 0.15) is 27.7 Å². The maximum atomic E-state index is 12.0. The van der Waals surface area contributed by atoms with Crippen LogP contribution in [0.4, 0.5) is 10.8 Å². The van der Waals surface area contributed by atoms with Crippen LogP contribution in [-0.4, -0.2) is 23.3 Å². The summed E-state index contributed by atoms with van der Waals surface area (Å²) in [5.41, 5.74) is 1.50. The van der Waals surface area contributed by atoms with Crippen molar-refractivity contribution in [1.82, 2.24) is 5.16 Å². The molecule has 0 unspecified atom stereocenters. The first-order valence-corrected chi connectivity index (χ1v) is 7.48. The van der Waals surface area contributed by atoms with Crippen molar-refractivity contribution in [3.05, 3.63) is 28.3 Å². The molecule has 0 radical (unpaired) electrons. The van der Waals surface area contributed by atoms with Crippen LogP contribution in [0.15, 0.2) is 16.9 Å². The first kappa shape index (κ1) is 15.5. The van der Waals surface area contributed by atoms with Crippen molar-refractivity contribution < 1.29 is 14.1 Å². The number of esters is 1. The third-order valence-corrected chi connectivity index (χ3v) is 4.13. The summed E-state index contributed by atoms with van der Waals surface area (Å²) in [6.07, 6.45) is 2.19. The van der Waals surface area contributed by atoms with E-state index in [-0.39, 0.29) is 5.97 Å². The van der Waals surface area contributed by atoms with E-state index in [2.05, 4.69) is 15.8 Å². The Morgan fingerprint density at radius 2 is 2.29 bits per heavy atom. The normalized spacial score (nSPS) is 10.2. The number of anilines is 2. The van der Waals surface area contributed by atoms with E-state index in [1.165, 1.54) is 24.7 Å². The monoisotopic (exact) mass is 325 g/mol. The zero-order valence-corrected chi connectivity index (χ0v) is 13.5. The molecule has 0 spiro atoms. The molecule has 6 nitrogen and oxygen atoms in total. The Bertz CT molecular complexity index is 650. The molecule has 0 amide bonds. The van der Waals surface area contributed by atoms with Gasteiger partial charge in [-0.05, 0) is 31.1 Å². The van der Waals surface area contributed by atoms with Crippen LogP contribution in [0.2, 0.25) is 0 Å². The van der Waals surface area contributed by atoms with Gasteiger partial charge in [-0.2, -0.15) is 0 Å². The van der Waals surface area contributed by atoms with Gasteiger partial charge in [0.2, 0.25) is 0 Å². The SMILES string of the molecule is CCc1c(C)sc(NC(=S)Nc2ccon2)c1C(=O)OC. The Labute approximate surface area is 131 Å². The molecule has 0 aromatic carbocycles. The van der Waals surface area contributed by atoms with Gasteiger partial charge in [-0.1, -0.05) is 12.1 Å². The van der Waals surface area contributed by atoms with E-state index < -0.39 is 0 Å². The van der Waals surface area contributed by atoms with Crippen molar-refractivity contribution >= 4 is 45.5 Å². The van der Waals surface area contributed by atoms with E-state index in [0.717, 1.165) is 16.9 Å². The largest absolute Gasteiger partial charge is 0.465 e. The number of carbonyl (C=O) groups excluding carboxylic acids is 1. The topological polar surface area (TPSA) is 76.4 Å². The van der Waals surface area contributed by atoms with Crippen LogP contribution in [0.3, 0.4) is 0 Å². The summed E-state index contributed by atoms with van der Waals surface area (Å²) < 4.78 is 9.57. The molecule has 2 aromatic heterocycles. The molecule has 0 saturated carbocycles. The first-order chi connectivity index (χ1) is 10.1. The number of thiophene rings is 1. The standard InChI is InChI=1S/C13H15N3O3S2/c1-4-8-7(2)21-11(10(8)12(17)18-3)15-13(20)14-9-5-6-19-16-9/h5-6H,4H2,1-3H3,(H2,14,15,16,20). The fourth-order valence-corrected chi connectivity index (χ4v) is 3.35. The number of hydrogen-bond acceptors (Lipinski definition) is 6. The zero-order chi connectivity index (χ0) is 15.4. The highest BCUT2D eigenvalue weighted by molar-refractivity contribution is 7.80. The van der Waals surface area contributed by atoms with Crippen molar-refractivity contribution in [1.29, 1.82) is 0 Å². The number of aromatic nitrogens is 1. The molecule has 2 rings (SSSR count). The minimum atomic E-state index is -0.372. The average Bonchev–Trinajstić information content (AvgIpc) is 3.05. The number of thiocarbonyl (C=S) groups is 1. The molecule has 2 N–H and O–H groups in total. The molecule has 0 saturated heterocycles. The van der Waals surface area contributed by atoms with Crippen molar-refractivity contribution in [2.24, 2.45) is 0 Å². The number of nitrogens with one attached hydrogen (secondary N) is 2. The quantitative estimate of drug-likeness (QED) is 0.660. The first-order valence-electron chi connectivity index (χ1n) is 6.25. The second kappa shape index (κ2) is 6.68. The number of nitrogens with zero attached hydrogens (tertiary/aromatic N) is 1. The van der Waals surface area contributed by atoms with Gasteiger partial charge in [0.05, 0.1) is 12.7 Å². The third-order valence-electron chi connectivity index (χ3n) is 2.86. The number of hydrogen-bond donors (Lipinski definition) is 2. The highest BCUT2D eigenvalue weighted by Gasteiger charge is 2.22. The summed E-state index contributed by atoms with van der Waals surface area (Å²) >= 11 is 6.67. The smallest absolute Gasteiger partial charge is 0.341 e. The van der Waals surface area contributed by atoms with Gasteiger partial charge in [0.1, 0.15) is 11.3 Å². The molecule has 2 aromatic rings. The van der Waals surface area contributed by atoms with Gasteiger partial charge in [-0.3, -0.25) is 0 Å². The van der Waals surface area contributed by atoms with Crippen molar-refractivity contribution in [2.75, 3.05) is 17.7 Å². The molecule has 0 aliphatic heterocycles. The number of methoxy groups -OCH3 is 1. The van der Waals surface area contributed by atoms with Crippen LogP contribution in [-0.2, 0) is 11.2 Å². The van der Waals surface area contributed by atoms with Gasteiger partial charge in [0.15, 0.2) is 10.9 Å². The van der Waals surface area contributed by atoms with E-state index in [9.17, 15) is 4.79 Å². The highest BCUT2D eigenvalue weighted by atomic mass is 32.1. The third kappa shape index (κ3) is 3.40. The van der Waals surface area contributed by atoms with Crippen LogP contribution in [0.5, 0.6) is 0 Å². The molecular formula is C13H15N3O3S2. The van der Waals surface area contributed by atoms with E-state index in [4.69, 9.17) is 21.5 Å². The van der Waals surface area contributed by atoms with Gasteiger partial charge in [0, 0.05) is 10.9 Å². The van der Waals surface area contributed by atoms with Gasteiger partial charge in [-0.25, -0.2) is 4.79 Å². The molecule has 2 heterocycles. The number of rotatable bonds is 4. The molecule has 112 valence electrons. The summed E-state index contributed by atoms with van der Waals surface area (Å²) in [5.74, 6) is 0.124. The number of carbonyl (C=O) groups is 1. The Kier molecular flexibility index (Phi) is 4.92. The average molecular weight is 325 g/mol. The van der Waals surface area contributed by atoms with E-state index >= 15 is 0 Å². The van der Waals surface area contributed by atoms with Crippen LogP contribution in [0.25, 0.3) is 0 Å². The van der Waals surface area contributed by atoms with Gasteiger partial charge < -0.3 is 19.9 Å². The minimum absolute atomic E-state index is 0.331. The molecule has 0 aliphatic rings. The summed E-state index contributed by atoms with van der Waals surface area (Å²) in [7, 11) is 1.37. The maximum Gasteiger partial charge on any atom is 0.341 e. The molecule has 0 aliphatic carbocycles. The lowest BCUT2D eigenvalue weighted by molar-refractivity contribution is 0.0601.